The van der Waals surface area contributed by atoms with E-state index < -0.39 is 0 Å². The number of nitrogens with one attached hydrogen (secondary N) is 1. The third-order valence-corrected chi connectivity index (χ3v) is 3.21. The standard InChI is InChI=1S/C13H27N/c1-10(2)8-11(13(3,4)5)9-14-12-6-7-12/h10-12,14H,6-9H2,1-5H3. The summed E-state index contributed by atoms with van der Waals surface area (Å²) in [6.07, 6.45) is 4.15. The van der Waals surface area contributed by atoms with Crippen LogP contribution in [0, 0.1) is 17.3 Å². The summed E-state index contributed by atoms with van der Waals surface area (Å²) in [7, 11) is 0. The summed E-state index contributed by atoms with van der Waals surface area (Å²) in [6.45, 7) is 13.0. The maximum Gasteiger partial charge on any atom is 0.00683 e. The van der Waals surface area contributed by atoms with Crippen molar-refractivity contribution < 1.29 is 0 Å². The normalized spacial score (nSPS) is 20.1. The molecular formula is C13H27N. The topological polar surface area (TPSA) is 12.0 Å². The van der Waals surface area contributed by atoms with Crippen LogP contribution >= 0.6 is 0 Å². The molecule has 0 amide bonds. The number of hydrogen-bond donors (Lipinski definition) is 1. The highest BCUT2D eigenvalue weighted by Crippen LogP contribution is 2.31. The molecule has 1 aliphatic carbocycles. The fourth-order valence-corrected chi connectivity index (χ4v) is 1.91. The van der Waals surface area contributed by atoms with E-state index in [1.165, 1.54) is 25.8 Å². The minimum Gasteiger partial charge on any atom is -0.314 e. The highest BCUT2D eigenvalue weighted by molar-refractivity contribution is 4.84. The molecule has 0 aromatic rings. The first kappa shape index (κ1) is 12.0. The van der Waals surface area contributed by atoms with Crippen molar-refractivity contribution in [3.8, 4) is 0 Å². The molecule has 0 spiro atoms. The van der Waals surface area contributed by atoms with Crippen molar-refractivity contribution in [3.05, 3.63) is 0 Å². The minimum atomic E-state index is 0.451. The largest absolute Gasteiger partial charge is 0.314 e. The van der Waals surface area contributed by atoms with Crippen LogP contribution in [0.5, 0.6) is 0 Å². The lowest BCUT2D eigenvalue weighted by Gasteiger charge is -2.32. The summed E-state index contributed by atoms with van der Waals surface area (Å²) in [5, 5.41) is 3.67. The first-order valence-electron chi connectivity index (χ1n) is 6.13. The molecular weight excluding hydrogens is 170 g/mol. The molecule has 1 saturated carbocycles. The molecule has 0 aliphatic heterocycles. The molecule has 1 atom stereocenters. The lowest BCUT2D eigenvalue weighted by atomic mass is 9.76. The second kappa shape index (κ2) is 4.65. The summed E-state index contributed by atoms with van der Waals surface area (Å²) in [5.74, 6) is 1.64. The van der Waals surface area contributed by atoms with Crippen molar-refractivity contribution >= 4 is 0 Å². The Labute approximate surface area is 89.7 Å². The van der Waals surface area contributed by atoms with Gasteiger partial charge < -0.3 is 5.32 Å². The van der Waals surface area contributed by atoms with Crippen molar-refractivity contribution in [3.63, 3.8) is 0 Å². The van der Waals surface area contributed by atoms with Gasteiger partial charge in [0.15, 0.2) is 0 Å². The van der Waals surface area contributed by atoms with E-state index in [0.717, 1.165) is 17.9 Å². The fourth-order valence-electron chi connectivity index (χ4n) is 1.91. The quantitative estimate of drug-likeness (QED) is 0.712. The van der Waals surface area contributed by atoms with Gasteiger partial charge in [-0.25, -0.2) is 0 Å². The Hall–Kier alpha value is -0.0400. The molecule has 84 valence electrons. The second-order valence-electron chi connectivity index (χ2n) is 6.38. The summed E-state index contributed by atoms with van der Waals surface area (Å²) in [4.78, 5) is 0. The summed E-state index contributed by atoms with van der Waals surface area (Å²) >= 11 is 0. The predicted molar refractivity (Wildman–Crippen MR) is 63.4 cm³/mol. The average molecular weight is 197 g/mol. The first-order chi connectivity index (χ1) is 6.39. The van der Waals surface area contributed by atoms with E-state index in [4.69, 9.17) is 0 Å². The van der Waals surface area contributed by atoms with Crippen LogP contribution in [0.25, 0.3) is 0 Å². The SMILES string of the molecule is CC(C)CC(CNC1CC1)C(C)(C)C. The zero-order chi connectivity index (χ0) is 10.8. The van der Waals surface area contributed by atoms with Gasteiger partial charge in [-0.05, 0) is 43.1 Å². The second-order valence-corrected chi connectivity index (χ2v) is 6.38. The molecule has 0 radical (unpaired) electrons. The van der Waals surface area contributed by atoms with E-state index in [1.807, 2.05) is 0 Å². The zero-order valence-electron chi connectivity index (χ0n) is 10.6. The number of rotatable bonds is 5. The van der Waals surface area contributed by atoms with Gasteiger partial charge in [0.25, 0.3) is 0 Å². The van der Waals surface area contributed by atoms with Gasteiger partial charge in [0, 0.05) is 6.04 Å². The van der Waals surface area contributed by atoms with Crippen LogP contribution < -0.4 is 5.32 Å². The van der Waals surface area contributed by atoms with Crippen molar-refractivity contribution in [2.45, 2.75) is 59.9 Å². The lowest BCUT2D eigenvalue weighted by molar-refractivity contribution is 0.198. The molecule has 1 fully saturated rings. The van der Waals surface area contributed by atoms with Crippen molar-refractivity contribution in [2.75, 3.05) is 6.54 Å². The summed E-state index contributed by atoms with van der Waals surface area (Å²) in [5.41, 5.74) is 0.451. The van der Waals surface area contributed by atoms with Gasteiger partial charge in [-0.1, -0.05) is 34.6 Å². The Morgan fingerprint density at radius 2 is 1.79 bits per heavy atom. The van der Waals surface area contributed by atoms with Crippen LogP contribution in [0.4, 0.5) is 0 Å². The Bertz CT molecular complexity index is 163. The maximum atomic E-state index is 3.67. The van der Waals surface area contributed by atoms with Gasteiger partial charge in [-0.3, -0.25) is 0 Å². The molecule has 14 heavy (non-hydrogen) atoms. The smallest absolute Gasteiger partial charge is 0.00683 e. The van der Waals surface area contributed by atoms with Crippen LogP contribution in [0.3, 0.4) is 0 Å². The van der Waals surface area contributed by atoms with E-state index in [2.05, 4.69) is 39.9 Å². The van der Waals surface area contributed by atoms with E-state index in [-0.39, 0.29) is 0 Å². The van der Waals surface area contributed by atoms with E-state index in [0.29, 0.717) is 5.41 Å². The van der Waals surface area contributed by atoms with Crippen LogP contribution in [0.2, 0.25) is 0 Å². The highest BCUT2D eigenvalue weighted by Gasteiger charge is 2.28. The zero-order valence-corrected chi connectivity index (χ0v) is 10.6. The molecule has 0 bridgehead atoms. The van der Waals surface area contributed by atoms with Crippen LogP contribution in [-0.2, 0) is 0 Å². The molecule has 1 N–H and O–H groups in total. The van der Waals surface area contributed by atoms with Crippen molar-refractivity contribution in [2.24, 2.45) is 17.3 Å². The third-order valence-electron chi connectivity index (χ3n) is 3.21. The Balaban J connectivity index is 2.34. The van der Waals surface area contributed by atoms with Crippen LogP contribution in [0.1, 0.15) is 53.9 Å². The van der Waals surface area contributed by atoms with Gasteiger partial charge in [-0.2, -0.15) is 0 Å². The summed E-state index contributed by atoms with van der Waals surface area (Å²) < 4.78 is 0. The maximum absolute atomic E-state index is 3.67. The van der Waals surface area contributed by atoms with Gasteiger partial charge >= 0.3 is 0 Å². The molecule has 0 aromatic heterocycles. The predicted octanol–water partition coefficient (Wildman–Crippen LogP) is 3.45. The Kier molecular flexibility index (Phi) is 4.00. The molecule has 1 rings (SSSR count). The number of hydrogen-bond acceptors (Lipinski definition) is 1. The van der Waals surface area contributed by atoms with Crippen molar-refractivity contribution in [1.29, 1.82) is 0 Å². The third kappa shape index (κ3) is 4.45. The van der Waals surface area contributed by atoms with E-state index in [1.54, 1.807) is 0 Å². The first-order valence-corrected chi connectivity index (χ1v) is 6.13. The molecule has 1 heteroatoms. The molecule has 1 nitrogen and oxygen atoms in total. The van der Waals surface area contributed by atoms with Crippen LogP contribution in [0.15, 0.2) is 0 Å². The van der Waals surface area contributed by atoms with E-state index >= 15 is 0 Å². The van der Waals surface area contributed by atoms with Crippen molar-refractivity contribution in [1.82, 2.24) is 5.32 Å². The van der Waals surface area contributed by atoms with Crippen LogP contribution in [-0.4, -0.2) is 12.6 Å². The summed E-state index contributed by atoms with van der Waals surface area (Å²) in [6, 6.07) is 0.854. The molecule has 0 saturated heterocycles. The highest BCUT2D eigenvalue weighted by atomic mass is 14.9. The molecule has 1 aliphatic rings. The molecule has 0 heterocycles. The monoisotopic (exact) mass is 197 g/mol. The van der Waals surface area contributed by atoms with E-state index in [9.17, 15) is 0 Å². The van der Waals surface area contributed by atoms with Gasteiger partial charge in [-0.15, -0.1) is 0 Å². The lowest BCUT2D eigenvalue weighted by Crippen LogP contribution is -2.33. The van der Waals surface area contributed by atoms with Gasteiger partial charge in [0.1, 0.15) is 0 Å². The fraction of sp³-hybridized carbons (Fsp3) is 1.00. The molecule has 0 aromatic carbocycles. The van der Waals surface area contributed by atoms with Gasteiger partial charge in [0.2, 0.25) is 0 Å². The minimum absolute atomic E-state index is 0.451. The van der Waals surface area contributed by atoms with Gasteiger partial charge in [0.05, 0.1) is 0 Å². The average Bonchev–Trinajstić information content (AvgIpc) is 2.77. The Morgan fingerprint density at radius 1 is 1.21 bits per heavy atom. The molecule has 1 unspecified atom stereocenters. The Morgan fingerprint density at radius 3 is 2.14 bits per heavy atom.